The highest BCUT2D eigenvalue weighted by molar-refractivity contribution is 7.92. The van der Waals surface area contributed by atoms with Crippen molar-refractivity contribution in [3.05, 3.63) is 94.5 Å². The van der Waals surface area contributed by atoms with Gasteiger partial charge in [0.15, 0.2) is 0 Å². The van der Waals surface area contributed by atoms with Crippen LogP contribution in [-0.2, 0) is 32.6 Å². The Balaban J connectivity index is 1.75. The van der Waals surface area contributed by atoms with Crippen LogP contribution in [0.2, 0.25) is 5.02 Å². The first-order valence-electron chi connectivity index (χ1n) is 14.6. The molecule has 43 heavy (non-hydrogen) atoms. The number of sulfonamides is 1. The van der Waals surface area contributed by atoms with E-state index in [-0.39, 0.29) is 24.9 Å². The zero-order chi connectivity index (χ0) is 31.0. The molecular weight excluding hydrogens is 586 g/mol. The molecule has 8 nitrogen and oxygen atoms in total. The molecule has 0 unspecified atom stereocenters. The highest BCUT2D eigenvalue weighted by Crippen LogP contribution is 2.29. The first-order chi connectivity index (χ1) is 20.6. The molecule has 1 saturated carbocycles. The number of benzene rings is 3. The smallest absolute Gasteiger partial charge is 0.244 e. The number of amides is 2. The van der Waals surface area contributed by atoms with Crippen LogP contribution in [0, 0.1) is 6.92 Å². The molecule has 1 aliphatic carbocycles. The predicted molar refractivity (Wildman–Crippen MR) is 171 cm³/mol. The van der Waals surface area contributed by atoms with Gasteiger partial charge >= 0.3 is 0 Å². The van der Waals surface area contributed by atoms with Gasteiger partial charge in [-0.15, -0.1) is 0 Å². The summed E-state index contributed by atoms with van der Waals surface area (Å²) in [5, 5.41) is 3.60. The molecule has 0 bridgehead atoms. The lowest BCUT2D eigenvalue weighted by atomic mass is 9.94. The van der Waals surface area contributed by atoms with Gasteiger partial charge in [-0.05, 0) is 60.7 Å². The fourth-order valence-corrected chi connectivity index (χ4v) is 6.60. The Bertz CT molecular complexity index is 1510. The Labute approximate surface area is 260 Å². The third kappa shape index (κ3) is 8.74. The Morgan fingerprint density at radius 2 is 1.65 bits per heavy atom. The van der Waals surface area contributed by atoms with Gasteiger partial charge in [0, 0.05) is 24.0 Å². The van der Waals surface area contributed by atoms with E-state index >= 15 is 0 Å². The summed E-state index contributed by atoms with van der Waals surface area (Å²) in [6.45, 7) is 1.30. The van der Waals surface area contributed by atoms with Gasteiger partial charge in [-0.1, -0.05) is 79.4 Å². The van der Waals surface area contributed by atoms with Gasteiger partial charge < -0.3 is 15.0 Å². The minimum Gasteiger partial charge on any atom is -0.497 e. The summed E-state index contributed by atoms with van der Waals surface area (Å²) < 4.78 is 32.6. The second kappa shape index (κ2) is 14.8. The number of carbonyl (C=O) groups is 2. The summed E-state index contributed by atoms with van der Waals surface area (Å²) in [6, 6.07) is 20.9. The first kappa shape index (κ1) is 32.4. The minimum atomic E-state index is -3.89. The molecule has 0 saturated heterocycles. The number of anilines is 1. The summed E-state index contributed by atoms with van der Waals surface area (Å²) in [4.78, 5) is 29.9. The van der Waals surface area contributed by atoms with Crippen molar-refractivity contribution in [2.75, 3.05) is 24.2 Å². The minimum absolute atomic E-state index is 0.0370. The van der Waals surface area contributed by atoms with Crippen molar-refractivity contribution in [1.29, 1.82) is 0 Å². The number of hydrogen-bond donors (Lipinski definition) is 1. The number of carbonyl (C=O) groups excluding carboxylic acids is 2. The van der Waals surface area contributed by atoms with Crippen LogP contribution in [0.4, 0.5) is 5.69 Å². The van der Waals surface area contributed by atoms with Crippen molar-refractivity contribution in [3.8, 4) is 5.75 Å². The summed E-state index contributed by atoms with van der Waals surface area (Å²) in [7, 11) is -2.33. The molecule has 0 heterocycles. The molecule has 0 spiro atoms. The lowest BCUT2D eigenvalue weighted by Crippen LogP contribution is -2.55. The number of nitrogens with one attached hydrogen (secondary N) is 1. The molecule has 230 valence electrons. The van der Waals surface area contributed by atoms with Crippen LogP contribution in [0.15, 0.2) is 72.8 Å². The Morgan fingerprint density at radius 3 is 2.33 bits per heavy atom. The van der Waals surface area contributed by atoms with E-state index in [4.69, 9.17) is 16.3 Å². The van der Waals surface area contributed by atoms with Crippen LogP contribution in [0.25, 0.3) is 0 Å². The molecule has 1 atom stereocenters. The first-order valence-corrected chi connectivity index (χ1v) is 16.8. The Morgan fingerprint density at radius 1 is 0.977 bits per heavy atom. The van der Waals surface area contributed by atoms with Crippen molar-refractivity contribution < 1.29 is 22.7 Å². The third-order valence-electron chi connectivity index (χ3n) is 7.90. The third-order valence-corrected chi connectivity index (χ3v) is 9.43. The maximum atomic E-state index is 14.3. The van der Waals surface area contributed by atoms with Gasteiger partial charge in [0.05, 0.1) is 19.1 Å². The molecule has 2 amide bonds. The van der Waals surface area contributed by atoms with E-state index in [2.05, 4.69) is 5.32 Å². The molecule has 1 fully saturated rings. The van der Waals surface area contributed by atoms with Gasteiger partial charge in [0.25, 0.3) is 0 Å². The molecule has 1 N–H and O–H groups in total. The fraction of sp³-hybridized carbons (Fsp3) is 0.394. The van der Waals surface area contributed by atoms with Crippen LogP contribution in [0.3, 0.4) is 0 Å². The van der Waals surface area contributed by atoms with Crippen molar-refractivity contribution in [2.45, 2.75) is 64.1 Å². The summed E-state index contributed by atoms with van der Waals surface area (Å²) >= 11 is 6.34. The van der Waals surface area contributed by atoms with Gasteiger partial charge in [-0.25, -0.2) is 8.42 Å². The van der Waals surface area contributed by atoms with E-state index in [9.17, 15) is 18.0 Å². The summed E-state index contributed by atoms with van der Waals surface area (Å²) in [5.74, 6) is -0.146. The van der Waals surface area contributed by atoms with Gasteiger partial charge in [-0.3, -0.25) is 13.9 Å². The van der Waals surface area contributed by atoms with Crippen LogP contribution in [0.5, 0.6) is 5.75 Å². The number of methoxy groups -OCH3 is 1. The van der Waals surface area contributed by atoms with E-state index in [1.54, 1.807) is 38.3 Å². The van der Waals surface area contributed by atoms with Crippen LogP contribution in [-0.4, -0.2) is 57.1 Å². The highest BCUT2D eigenvalue weighted by atomic mass is 35.5. The number of ether oxygens (including phenoxy) is 1. The maximum Gasteiger partial charge on any atom is 0.244 e. The van der Waals surface area contributed by atoms with Crippen molar-refractivity contribution in [2.24, 2.45) is 0 Å². The van der Waals surface area contributed by atoms with Gasteiger partial charge in [-0.2, -0.15) is 0 Å². The number of nitrogens with zero attached hydrogens (tertiary/aromatic N) is 2. The average molecular weight is 626 g/mol. The average Bonchev–Trinajstić information content (AvgIpc) is 2.99. The lowest BCUT2D eigenvalue weighted by Gasteiger charge is -2.35. The normalized spacial score (nSPS) is 14.5. The quantitative estimate of drug-likeness (QED) is 0.286. The Kier molecular flexibility index (Phi) is 11.1. The zero-order valence-corrected chi connectivity index (χ0v) is 26.5. The second-order valence-corrected chi connectivity index (χ2v) is 13.4. The van der Waals surface area contributed by atoms with Crippen LogP contribution in [0.1, 0.15) is 48.8 Å². The van der Waals surface area contributed by atoms with Crippen molar-refractivity contribution in [1.82, 2.24) is 10.2 Å². The van der Waals surface area contributed by atoms with E-state index in [0.717, 1.165) is 53.8 Å². The summed E-state index contributed by atoms with van der Waals surface area (Å²) in [5.41, 5.74) is 2.50. The molecule has 0 radical (unpaired) electrons. The SMILES string of the molecule is COc1cccc(CN(C(=O)CN(c2cccc(Cl)c2C)S(C)(=O)=O)[C@@H](Cc2ccccc2)C(=O)NC2CCCCC2)c1. The maximum absolute atomic E-state index is 14.3. The molecule has 3 aromatic rings. The number of halogens is 1. The second-order valence-electron chi connectivity index (χ2n) is 11.1. The molecule has 10 heteroatoms. The number of rotatable bonds is 12. The van der Waals surface area contributed by atoms with Crippen molar-refractivity contribution in [3.63, 3.8) is 0 Å². The van der Waals surface area contributed by atoms with Crippen LogP contribution >= 0.6 is 11.6 Å². The van der Waals surface area contributed by atoms with E-state index in [1.165, 1.54) is 4.90 Å². The van der Waals surface area contributed by atoms with E-state index < -0.39 is 28.5 Å². The summed E-state index contributed by atoms with van der Waals surface area (Å²) in [6.07, 6.45) is 6.35. The highest BCUT2D eigenvalue weighted by Gasteiger charge is 2.34. The largest absolute Gasteiger partial charge is 0.497 e. The topological polar surface area (TPSA) is 96.0 Å². The molecule has 1 aliphatic rings. The fourth-order valence-electron chi connectivity index (χ4n) is 5.53. The predicted octanol–water partition coefficient (Wildman–Crippen LogP) is 5.51. The molecule has 0 aliphatic heterocycles. The molecule has 0 aromatic heterocycles. The zero-order valence-electron chi connectivity index (χ0n) is 25.0. The molecule has 3 aromatic carbocycles. The Hall–Kier alpha value is -3.56. The molecule has 4 rings (SSSR count). The standard InChI is InChI=1S/C33H40ClN3O5S/c1-24-29(34)18-11-19-30(24)37(43(3,40)41)23-32(38)36(22-26-14-10-17-28(20-26)42-2)31(21-25-12-6-4-7-13-25)33(39)35-27-15-8-5-9-16-27/h4,6-7,10-14,17-20,27,31H,5,8-9,15-16,21-23H2,1-3H3,(H,35,39)/t31-/m0/s1. The molecular formula is C33H40ClN3O5S. The van der Waals surface area contributed by atoms with Crippen LogP contribution < -0.4 is 14.4 Å². The van der Waals surface area contributed by atoms with Gasteiger partial charge in [0.2, 0.25) is 21.8 Å². The van der Waals surface area contributed by atoms with Crippen molar-refractivity contribution >= 4 is 39.1 Å². The van der Waals surface area contributed by atoms with E-state index in [0.29, 0.717) is 22.0 Å². The van der Waals surface area contributed by atoms with E-state index in [1.807, 2.05) is 48.5 Å². The lowest BCUT2D eigenvalue weighted by molar-refractivity contribution is -0.140. The number of hydrogen-bond acceptors (Lipinski definition) is 5. The monoisotopic (exact) mass is 625 g/mol. The van der Waals surface area contributed by atoms with Gasteiger partial charge in [0.1, 0.15) is 18.3 Å².